The average Bonchev–Trinajstić information content (AvgIpc) is 2.44. The predicted octanol–water partition coefficient (Wildman–Crippen LogP) is 1.62. The maximum absolute atomic E-state index is 13.4. The number of hydrogen-bond donors (Lipinski definition) is 3. The molecule has 0 spiro atoms. The van der Waals surface area contributed by atoms with Gasteiger partial charge in [-0.15, -0.1) is 0 Å². The van der Waals surface area contributed by atoms with Crippen molar-refractivity contribution in [3.05, 3.63) is 47.9 Å². The summed E-state index contributed by atoms with van der Waals surface area (Å²) in [7, 11) is -3.83. The Labute approximate surface area is 115 Å². The normalized spacial score (nSPS) is 11.2. The number of hydrazine groups is 1. The standard InChI is InChI=1S/C12H13FN4O2S/c1-8-10(13)3-2-4-11(8)17-20(18,19)9-5-6-12(16-14)15-7-9/h2-7,17H,14H2,1H3,(H,15,16). The molecule has 1 aromatic carbocycles. The maximum atomic E-state index is 13.4. The number of nitrogens with two attached hydrogens (primary N) is 1. The highest BCUT2D eigenvalue weighted by Crippen LogP contribution is 2.21. The summed E-state index contributed by atoms with van der Waals surface area (Å²) in [5, 5.41) is 0. The number of sulfonamides is 1. The van der Waals surface area contributed by atoms with Crippen molar-refractivity contribution in [3.8, 4) is 0 Å². The molecule has 20 heavy (non-hydrogen) atoms. The average molecular weight is 296 g/mol. The molecule has 1 heterocycles. The topological polar surface area (TPSA) is 97.1 Å². The van der Waals surface area contributed by atoms with Gasteiger partial charge in [0.1, 0.15) is 16.5 Å². The molecule has 6 nitrogen and oxygen atoms in total. The van der Waals surface area contributed by atoms with E-state index >= 15 is 0 Å². The monoisotopic (exact) mass is 296 g/mol. The second-order valence-corrected chi connectivity index (χ2v) is 5.72. The Balaban J connectivity index is 2.33. The highest BCUT2D eigenvalue weighted by atomic mass is 32.2. The van der Waals surface area contributed by atoms with Crippen molar-refractivity contribution in [2.24, 2.45) is 5.84 Å². The van der Waals surface area contributed by atoms with E-state index in [1.807, 2.05) is 0 Å². The van der Waals surface area contributed by atoms with Crippen LogP contribution in [0.1, 0.15) is 5.56 Å². The maximum Gasteiger partial charge on any atom is 0.263 e. The first-order valence-corrected chi connectivity index (χ1v) is 7.13. The number of anilines is 2. The lowest BCUT2D eigenvalue weighted by molar-refractivity contribution is 0.600. The summed E-state index contributed by atoms with van der Waals surface area (Å²) in [5.74, 6) is 5.01. The van der Waals surface area contributed by atoms with E-state index in [9.17, 15) is 12.8 Å². The van der Waals surface area contributed by atoms with Gasteiger partial charge in [-0.05, 0) is 31.2 Å². The lowest BCUT2D eigenvalue weighted by Gasteiger charge is -2.11. The third kappa shape index (κ3) is 2.86. The van der Waals surface area contributed by atoms with Crippen molar-refractivity contribution in [1.82, 2.24) is 4.98 Å². The Morgan fingerprint density at radius 2 is 2.00 bits per heavy atom. The summed E-state index contributed by atoms with van der Waals surface area (Å²) in [6.07, 6.45) is 1.16. The number of nitrogens with zero attached hydrogens (tertiary/aromatic N) is 1. The zero-order valence-electron chi connectivity index (χ0n) is 10.6. The third-order valence-corrected chi connectivity index (χ3v) is 4.06. The van der Waals surface area contributed by atoms with Gasteiger partial charge < -0.3 is 5.43 Å². The number of pyridine rings is 1. The molecule has 0 atom stereocenters. The van der Waals surface area contributed by atoms with Crippen LogP contribution in [0.15, 0.2) is 41.4 Å². The van der Waals surface area contributed by atoms with Crippen LogP contribution in [-0.2, 0) is 10.0 Å². The first-order valence-electron chi connectivity index (χ1n) is 5.64. The first-order chi connectivity index (χ1) is 9.44. The number of nitrogen functional groups attached to an aromatic ring is 1. The molecule has 1 aromatic heterocycles. The molecular weight excluding hydrogens is 283 g/mol. The number of aromatic nitrogens is 1. The number of hydrogen-bond acceptors (Lipinski definition) is 5. The number of rotatable bonds is 4. The van der Waals surface area contributed by atoms with Gasteiger partial charge in [-0.3, -0.25) is 4.72 Å². The minimum Gasteiger partial charge on any atom is -0.308 e. The molecule has 4 N–H and O–H groups in total. The van der Waals surface area contributed by atoms with Gasteiger partial charge in [0.05, 0.1) is 5.69 Å². The Hall–Kier alpha value is -2.19. The van der Waals surface area contributed by atoms with Gasteiger partial charge in [-0.25, -0.2) is 23.6 Å². The molecule has 8 heteroatoms. The molecule has 2 aromatic rings. The molecule has 0 fully saturated rings. The fourth-order valence-electron chi connectivity index (χ4n) is 1.55. The van der Waals surface area contributed by atoms with Crippen LogP contribution in [0.2, 0.25) is 0 Å². The van der Waals surface area contributed by atoms with E-state index in [1.54, 1.807) is 0 Å². The van der Waals surface area contributed by atoms with Crippen molar-refractivity contribution in [2.45, 2.75) is 11.8 Å². The molecule has 0 aliphatic rings. The molecule has 0 unspecified atom stereocenters. The van der Waals surface area contributed by atoms with Gasteiger partial charge in [0.15, 0.2) is 0 Å². The van der Waals surface area contributed by atoms with E-state index < -0.39 is 15.8 Å². The van der Waals surface area contributed by atoms with Crippen molar-refractivity contribution >= 4 is 21.5 Å². The molecule has 2 rings (SSSR count). The van der Waals surface area contributed by atoms with Crippen LogP contribution in [0.3, 0.4) is 0 Å². The van der Waals surface area contributed by atoms with Crippen LogP contribution in [-0.4, -0.2) is 13.4 Å². The molecule has 0 aliphatic carbocycles. The van der Waals surface area contributed by atoms with Crippen LogP contribution in [0.4, 0.5) is 15.9 Å². The summed E-state index contributed by atoms with van der Waals surface area (Å²) < 4.78 is 40.0. The Bertz CT molecular complexity index is 717. The van der Waals surface area contributed by atoms with Crippen LogP contribution < -0.4 is 16.0 Å². The zero-order valence-corrected chi connectivity index (χ0v) is 11.4. The SMILES string of the molecule is Cc1c(F)cccc1NS(=O)(=O)c1ccc(NN)nc1. The number of halogens is 1. The van der Waals surface area contributed by atoms with Gasteiger partial charge in [-0.2, -0.15) is 0 Å². The molecule has 0 saturated carbocycles. The lowest BCUT2D eigenvalue weighted by atomic mass is 10.2. The predicted molar refractivity (Wildman–Crippen MR) is 74.0 cm³/mol. The van der Waals surface area contributed by atoms with Crippen LogP contribution >= 0.6 is 0 Å². The third-order valence-electron chi connectivity index (χ3n) is 2.71. The van der Waals surface area contributed by atoms with Gasteiger partial charge in [0.2, 0.25) is 0 Å². The number of nitrogens with one attached hydrogen (secondary N) is 2. The van der Waals surface area contributed by atoms with Crippen molar-refractivity contribution in [3.63, 3.8) is 0 Å². The molecule has 106 valence electrons. The van der Waals surface area contributed by atoms with Crippen molar-refractivity contribution < 1.29 is 12.8 Å². The van der Waals surface area contributed by atoms with E-state index in [4.69, 9.17) is 5.84 Å². The van der Waals surface area contributed by atoms with Crippen LogP contribution in [0.5, 0.6) is 0 Å². The van der Waals surface area contributed by atoms with E-state index in [-0.39, 0.29) is 16.1 Å². The molecule has 0 aliphatic heterocycles. The minimum atomic E-state index is -3.83. The second kappa shape index (κ2) is 5.43. The van der Waals surface area contributed by atoms with Crippen molar-refractivity contribution in [1.29, 1.82) is 0 Å². The fourth-order valence-corrected chi connectivity index (χ4v) is 2.61. The first kappa shape index (κ1) is 14.2. The Morgan fingerprint density at radius 3 is 2.60 bits per heavy atom. The molecule has 0 bridgehead atoms. The van der Waals surface area contributed by atoms with Crippen LogP contribution in [0.25, 0.3) is 0 Å². The van der Waals surface area contributed by atoms with Gasteiger partial charge >= 0.3 is 0 Å². The Kier molecular flexibility index (Phi) is 3.86. The quantitative estimate of drug-likeness (QED) is 0.588. The highest BCUT2D eigenvalue weighted by molar-refractivity contribution is 7.92. The van der Waals surface area contributed by atoms with E-state index in [2.05, 4.69) is 15.1 Å². The number of benzene rings is 1. The smallest absolute Gasteiger partial charge is 0.263 e. The highest BCUT2D eigenvalue weighted by Gasteiger charge is 2.16. The van der Waals surface area contributed by atoms with Crippen LogP contribution in [0, 0.1) is 12.7 Å². The van der Waals surface area contributed by atoms with E-state index in [0.29, 0.717) is 5.82 Å². The summed E-state index contributed by atoms with van der Waals surface area (Å²) in [6.45, 7) is 1.49. The lowest BCUT2D eigenvalue weighted by Crippen LogP contribution is -2.15. The van der Waals surface area contributed by atoms with Gasteiger partial charge in [0.25, 0.3) is 10.0 Å². The molecule has 0 radical (unpaired) electrons. The summed E-state index contributed by atoms with van der Waals surface area (Å²) in [6, 6.07) is 6.95. The second-order valence-electron chi connectivity index (χ2n) is 4.04. The zero-order chi connectivity index (χ0) is 14.8. The van der Waals surface area contributed by atoms with Gasteiger partial charge in [-0.1, -0.05) is 6.07 Å². The molecule has 0 saturated heterocycles. The summed E-state index contributed by atoms with van der Waals surface area (Å²) in [4.78, 5) is 3.77. The summed E-state index contributed by atoms with van der Waals surface area (Å²) in [5.41, 5.74) is 2.71. The Morgan fingerprint density at radius 1 is 1.25 bits per heavy atom. The molecule has 0 amide bonds. The van der Waals surface area contributed by atoms with Crippen molar-refractivity contribution in [2.75, 3.05) is 10.1 Å². The largest absolute Gasteiger partial charge is 0.308 e. The summed E-state index contributed by atoms with van der Waals surface area (Å²) >= 11 is 0. The molecular formula is C12H13FN4O2S. The minimum absolute atomic E-state index is 0.0415. The fraction of sp³-hybridized carbons (Fsp3) is 0.0833. The van der Waals surface area contributed by atoms with E-state index in [0.717, 1.165) is 6.20 Å². The van der Waals surface area contributed by atoms with Gasteiger partial charge in [0, 0.05) is 11.8 Å². The van der Waals surface area contributed by atoms with E-state index in [1.165, 1.54) is 37.3 Å².